The highest BCUT2D eigenvalue weighted by Gasteiger charge is 2.29. The van der Waals surface area contributed by atoms with Crippen LogP contribution in [0.1, 0.15) is 18.1 Å². The number of carbonyl (C=O) groups excluding carboxylic acids is 1. The SMILES string of the molecule is Cc1cccc(N([C@@H](C)C(=O)NCc2ccccc2Cl)S(C)(=O)=O)c1. The number of amides is 1. The van der Waals surface area contributed by atoms with Gasteiger partial charge in [-0.15, -0.1) is 0 Å². The number of sulfonamides is 1. The predicted molar refractivity (Wildman–Crippen MR) is 101 cm³/mol. The fourth-order valence-corrected chi connectivity index (χ4v) is 3.91. The van der Waals surface area contributed by atoms with Crippen LogP contribution in [0.25, 0.3) is 0 Å². The summed E-state index contributed by atoms with van der Waals surface area (Å²) in [7, 11) is -3.62. The summed E-state index contributed by atoms with van der Waals surface area (Å²) in [6.07, 6.45) is 1.09. The van der Waals surface area contributed by atoms with E-state index in [0.29, 0.717) is 10.7 Å². The van der Waals surface area contributed by atoms with E-state index in [1.54, 1.807) is 37.3 Å². The molecular formula is C18H21ClN2O3S. The molecule has 7 heteroatoms. The third kappa shape index (κ3) is 4.96. The Morgan fingerprint density at radius 1 is 1.20 bits per heavy atom. The number of hydrogen-bond donors (Lipinski definition) is 1. The van der Waals surface area contributed by atoms with Gasteiger partial charge in [0.1, 0.15) is 6.04 Å². The monoisotopic (exact) mass is 380 g/mol. The second-order valence-electron chi connectivity index (χ2n) is 5.88. The summed E-state index contributed by atoms with van der Waals surface area (Å²) in [6.45, 7) is 3.66. The van der Waals surface area contributed by atoms with Crippen molar-refractivity contribution in [3.05, 3.63) is 64.7 Å². The van der Waals surface area contributed by atoms with Crippen molar-refractivity contribution < 1.29 is 13.2 Å². The molecule has 0 heterocycles. The van der Waals surface area contributed by atoms with Crippen molar-refractivity contribution in [2.45, 2.75) is 26.4 Å². The molecule has 1 N–H and O–H groups in total. The van der Waals surface area contributed by atoms with Crippen molar-refractivity contribution in [3.8, 4) is 0 Å². The van der Waals surface area contributed by atoms with Crippen molar-refractivity contribution in [1.82, 2.24) is 5.32 Å². The topological polar surface area (TPSA) is 66.5 Å². The molecule has 2 rings (SSSR count). The minimum Gasteiger partial charge on any atom is -0.350 e. The molecule has 0 unspecified atom stereocenters. The molecule has 0 saturated carbocycles. The molecule has 0 saturated heterocycles. The number of halogens is 1. The van der Waals surface area contributed by atoms with Gasteiger partial charge in [0.05, 0.1) is 11.9 Å². The van der Waals surface area contributed by atoms with E-state index in [1.807, 2.05) is 25.1 Å². The second-order valence-corrected chi connectivity index (χ2v) is 8.15. The zero-order valence-corrected chi connectivity index (χ0v) is 15.9. The lowest BCUT2D eigenvalue weighted by Gasteiger charge is -2.28. The minimum atomic E-state index is -3.62. The molecule has 2 aromatic rings. The standard InChI is InChI=1S/C18H21ClN2O3S/c1-13-7-6-9-16(11-13)21(25(3,23)24)14(2)18(22)20-12-15-8-4-5-10-17(15)19/h4-11,14H,12H2,1-3H3,(H,20,22)/t14-/m0/s1. The van der Waals surface area contributed by atoms with Gasteiger partial charge < -0.3 is 5.32 Å². The third-order valence-electron chi connectivity index (χ3n) is 3.76. The highest BCUT2D eigenvalue weighted by Crippen LogP contribution is 2.22. The zero-order valence-electron chi connectivity index (χ0n) is 14.4. The number of nitrogens with one attached hydrogen (secondary N) is 1. The van der Waals surface area contributed by atoms with Crippen LogP contribution in [0.15, 0.2) is 48.5 Å². The maximum atomic E-state index is 12.5. The van der Waals surface area contributed by atoms with Crippen LogP contribution >= 0.6 is 11.6 Å². The molecule has 2 aromatic carbocycles. The second kappa shape index (κ2) is 7.89. The van der Waals surface area contributed by atoms with Crippen LogP contribution in [0, 0.1) is 6.92 Å². The van der Waals surface area contributed by atoms with Gasteiger partial charge in [0, 0.05) is 11.6 Å². The zero-order chi connectivity index (χ0) is 18.6. The average molecular weight is 381 g/mol. The number of nitrogens with zero attached hydrogens (tertiary/aromatic N) is 1. The number of benzene rings is 2. The van der Waals surface area contributed by atoms with Crippen molar-refractivity contribution >= 4 is 33.2 Å². The van der Waals surface area contributed by atoms with E-state index in [4.69, 9.17) is 11.6 Å². The Balaban J connectivity index is 2.20. The molecule has 0 aliphatic carbocycles. The summed E-state index contributed by atoms with van der Waals surface area (Å²) < 4.78 is 25.6. The Hall–Kier alpha value is -2.05. The van der Waals surface area contributed by atoms with Crippen LogP contribution in [0.4, 0.5) is 5.69 Å². The van der Waals surface area contributed by atoms with Crippen molar-refractivity contribution in [1.29, 1.82) is 0 Å². The molecule has 1 atom stereocenters. The molecule has 25 heavy (non-hydrogen) atoms. The van der Waals surface area contributed by atoms with E-state index < -0.39 is 22.0 Å². The summed E-state index contributed by atoms with van der Waals surface area (Å²) in [5.41, 5.74) is 2.14. The number of anilines is 1. The molecule has 0 fully saturated rings. The number of carbonyl (C=O) groups is 1. The Kier molecular flexibility index (Phi) is 6.08. The molecule has 0 aliphatic rings. The summed E-state index contributed by atoms with van der Waals surface area (Å²) in [5, 5.41) is 3.30. The first-order valence-corrected chi connectivity index (χ1v) is 10.00. The molecule has 0 radical (unpaired) electrons. The van der Waals surface area contributed by atoms with Crippen LogP contribution in [-0.2, 0) is 21.4 Å². The van der Waals surface area contributed by atoms with Crippen molar-refractivity contribution in [3.63, 3.8) is 0 Å². The molecule has 5 nitrogen and oxygen atoms in total. The van der Waals surface area contributed by atoms with Crippen LogP contribution in [0.3, 0.4) is 0 Å². The maximum Gasteiger partial charge on any atom is 0.243 e. The van der Waals surface area contributed by atoms with Crippen LogP contribution < -0.4 is 9.62 Å². The van der Waals surface area contributed by atoms with Gasteiger partial charge in [-0.1, -0.05) is 41.9 Å². The van der Waals surface area contributed by atoms with E-state index in [2.05, 4.69) is 5.32 Å². The van der Waals surface area contributed by atoms with Crippen molar-refractivity contribution in [2.24, 2.45) is 0 Å². The smallest absolute Gasteiger partial charge is 0.243 e. The largest absolute Gasteiger partial charge is 0.350 e. The molecule has 0 bridgehead atoms. The van der Waals surface area contributed by atoms with Gasteiger partial charge in [-0.3, -0.25) is 9.10 Å². The van der Waals surface area contributed by atoms with Gasteiger partial charge in [0.2, 0.25) is 15.9 Å². The van der Waals surface area contributed by atoms with E-state index >= 15 is 0 Å². The summed E-state index contributed by atoms with van der Waals surface area (Å²) in [6, 6.07) is 13.3. The molecule has 0 spiro atoms. The van der Waals surface area contributed by atoms with Crippen LogP contribution in [0.5, 0.6) is 0 Å². The molecular weight excluding hydrogens is 360 g/mol. The quantitative estimate of drug-likeness (QED) is 0.837. The first-order chi connectivity index (χ1) is 11.7. The predicted octanol–water partition coefficient (Wildman–Crippen LogP) is 3.12. The van der Waals surface area contributed by atoms with Crippen LogP contribution in [-0.4, -0.2) is 26.6 Å². The number of hydrogen-bond acceptors (Lipinski definition) is 3. The van der Waals surface area contributed by atoms with Crippen molar-refractivity contribution in [2.75, 3.05) is 10.6 Å². The lowest BCUT2D eigenvalue weighted by atomic mass is 10.2. The molecule has 0 aliphatic heterocycles. The number of aryl methyl sites for hydroxylation is 1. The van der Waals surface area contributed by atoms with Gasteiger partial charge in [0.25, 0.3) is 0 Å². The molecule has 134 valence electrons. The van der Waals surface area contributed by atoms with Crippen LogP contribution in [0.2, 0.25) is 5.02 Å². The van der Waals surface area contributed by atoms with E-state index in [-0.39, 0.29) is 6.54 Å². The maximum absolute atomic E-state index is 12.5. The molecule has 1 amide bonds. The lowest BCUT2D eigenvalue weighted by molar-refractivity contribution is -0.122. The Labute approximate surface area is 153 Å². The minimum absolute atomic E-state index is 0.230. The fourth-order valence-electron chi connectivity index (χ4n) is 2.55. The van der Waals surface area contributed by atoms with E-state index in [0.717, 1.165) is 21.7 Å². The summed E-state index contributed by atoms with van der Waals surface area (Å²) in [4.78, 5) is 12.5. The molecule has 0 aromatic heterocycles. The lowest BCUT2D eigenvalue weighted by Crippen LogP contribution is -2.47. The van der Waals surface area contributed by atoms with Gasteiger partial charge in [-0.05, 0) is 43.2 Å². The number of rotatable bonds is 6. The van der Waals surface area contributed by atoms with E-state index in [1.165, 1.54) is 0 Å². The summed E-state index contributed by atoms with van der Waals surface area (Å²) in [5.74, 6) is -0.396. The van der Waals surface area contributed by atoms with Gasteiger partial charge >= 0.3 is 0 Å². The first-order valence-electron chi connectivity index (χ1n) is 7.77. The van der Waals surface area contributed by atoms with Gasteiger partial charge in [-0.25, -0.2) is 8.42 Å². The first kappa shape index (κ1) is 19.3. The normalized spacial score (nSPS) is 12.5. The average Bonchev–Trinajstić information content (AvgIpc) is 2.52. The Morgan fingerprint density at radius 3 is 2.48 bits per heavy atom. The third-order valence-corrected chi connectivity index (χ3v) is 5.37. The summed E-state index contributed by atoms with van der Waals surface area (Å²) >= 11 is 6.08. The highest BCUT2D eigenvalue weighted by atomic mass is 35.5. The van der Waals surface area contributed by atoms with Gasteiger partial charge in [-0.2, -0.15) is 0 Å². The highest BCUT2D eigenvalue weighted by molar-refractivity contribution is 7.92. The Morgan fingerprint density at radius 2 is 1.88 bits per heavy atom. The van der Waals surface area contributed by atoms with Gasteiger partial charge in [0.15, 0.2) is 0 Å². The van der Waals surface area contributed by atoms with E-state index in [9.17, 15) is 13.2 Å². The fraction of sp³-hybridized carbons (Fsp3) is 0.278. The Bertz CT molecular complexity index is 868.